The number of nitrogens with one attached hydrogen (secondary N) is 1. The number of rotatable bonds is 7. The summed E-state index contributed by atoms with van der Waals surface area (Å²) in [4.78, 5) is 12.8. The van der Waals surface area contributed by atoms with Crippen molar-refractivity contribution in [3.63, 3.8) is 0 Å². The highest BCUT2D eigenvalue weighted by Gasteiger charge is 2.04. The van der Waals surface area contributed by atoms with Crippen LogP contribution in [0.1, 0.15) is 18.6 Å². The van der Waals surface area contributed by atoms with Crippen LogP contribution < -0.4 is 11.1 Å². The molecule has 0 atom stereocenters. The van der Waals surface area contributed by atoms with Gasteiger partial charge in [-0.05, 0) is 6.92 Å². The third-order valence-corrected chi connectivity index (χ3v) is 2.80. The zero-order valence-corrected chi connectivity index (χ0v) is 11.8. The van der Waals surface area contributed by atoms with Gasteiger partial charge in [-0.1, -0.05) is 0 Å². The number of hydrogen-bond acceptors (Lipinski definition) is 6. The molecule has 0 spiro atoms. The molecule has 0 amide bonds. The monoisotopic (exact) mass is 276 g/mol. The number of ether oxygens (including phenoxy) is 1. The molecule has 7 nitrogen and oxygen atoms in total. The molecule has 2 aromatic rings. The summed E-state index contributed by atoms with van der Waals surface area (Å²) in [6, 6.07) is 1.72. The fraction of sp³-hybridized carbons (Fsp3) is 0.462. The molecule has 2 rings (SSSR count). The number of hydrogen-bond donors (Lipinski definition) is 2. The molecule has 20 heavy (non-hydrogen) atoms. The average Bonchev–Trinajstić information content (AvgIpc) is 2.82. The molecule has 2 aromatic heterocycles. The van der Waals surface area contributed by atoms with Gasteiger partial charge in [0, 0.05) is 45.1 Å². The molecule has 0 aliphatic heterocycles. The molecule has 108 valence electrons. The SMILES string of the molecule is CCOCc1nc(N)cc(NCCc2nccn2C)n1. The lowest BCUT2D eigenvalue weighted by Gasteiger charge is -2.08. The second-order valence-corrected chi connectivity index (χ2v) is 4.36. The summed E-state index contributed by atoms with van der Waals surface area (Å²) in [7, 11) is 1.98. The molecule has 0 aromatic carbocycles. The Hall–Kier alpha value is -2.15. The zero-order valence-electron chi connectivity index (χ0n) is 11.8. The molecule has 0 bridgehead atoms. The zero-order chi connectivity index (χ0) is 14.4. The van der Waals surface area contributed by atoms with Crippen molar-refractivity contribution >= 4 is 11.6 Å². The first-order valence-corrected chi connectivity index (χ1v) is 6.60. The summed E-state index contributed by atoms with van der Waals surface area (Å²) < 4.78 is 7.28. The number of aromatic nitrogens is 4. The van der Waals surface area contributed by atoms with Gasteiger partial charge in [0.1, 0.15) is 24.1 Å². The molecule has 0 saturated carbocycles. The minimum atomic E-state index is 0.371. The molecule has 0 fully saturated rings. The van der Waals surface area contributed by atoms with E-state index in [2.05, 4.69) is 20.3 Å². The molecule has 0 aliphatic rings. The summed E-state index contributed by atoms with van der Waals surface area (Å²) in [6.45, 7) is 3.66. The van der Waals surface area contributed by atoms with Gasteiger partial charge >= 0.3 is 0 Å². The van der Waals surface area contributed by atoms with E-state index in [0.717, 1.165) is 18.8 Å². The highest BCUT2D eigenvalue weighted by Crippen LogP contribution is 2.09. The summed E-state index contributed by atoms with van der Waals surface area (Å²) in [6.07, 6.45) is 4.53. The van der Waals surface area contributed by atoms with Crippen molar-refractivity contribution in [1.29, 1.82) is 0 Å². The van der Waals surface area contributed by atoms with Crippen LogP contribution in [0.3, 0.4) is 0 Å². The van der Waals surface area contributed by atoms with Crippen LogP contribution in [0.2, 0.25) is 0 Å². The lowest BCUT2D eigenvalue weighted by atomic mass is 10.4. The van der Waals surface area contributed by atoms with Crippen LogP contribution in [-0.4, -0.2) is 32.7 Å². The van der Waals surface area contributed by atoms with Crippen molar-refractivity contribution in [2.45, 2.75) is 20.0 Å². The predicted octanol–water partition coefficient (Wildman–Crippen LogP) is 0.983. The lowest BCUT2D eigenvalue weighted by molar-refractivity contribution is 0.128. The van der Waals surface area contributed by atoms with E-state index in [4.69, 9.17) is 10.5 Å². The maximum Gasteiger partial charge on any atom is 0.158 e. The van der Waals surface area contributed by atoms with Gasteiger partial charge in [0.05, 0.1) is 0 Å². The van der Waals surface area contributed by atoms with Crippen molar-refractivity contribution in [2.75, 3.05) is 24.2 Å². The van der Waals surface area contributed by atoms with Crippen LogP contribution in [0.25, 0.3) is 0 Å². The van der Waals surface area contributed by atoms with Gasteiger partial charge in [-0.15, -0.1) is 0 Å². The molecular weight excluding hydrogens is 256 g/mol. The van der Waals surface area contributed by atoms with Crippen molar-refractivity contribution < 1.29 is 4.74 Å². The Morgan fingerprint density at radius 3 is 2.95 bits per heavy atom. The number of nitrogens with two attached hydrogens (primary N) is 1. The molecule has 0 aliphatic carbocycles. The molecule has 0 radical (unpaired) electrons. The number of aryl methyl sites for hydroxylation is 1. The lowest BCUT2D eigenvalue weighted by Crippen LogP contribution is -2.12. The average molecular weight is 276 g/mol. The van der Waals surface area contributed by atoms with Gasteiger partial charge in [-0.25, -0.2) is 15.0 Å². The van der Waals surface area contributed by atoms with E-state index in [1.54, 1.807) is 12.3 Å². The van der Waals surface area contributed by atoms with Crippen molar-refractivity contribution in [3.05, 3.63) is 30.1 Å². The molecule has 3 N–H and O–H groups in total. The molecule has 0 saturated heterocycles. The summed E-state index contributed by atoms with van der Waals surface area (Å²) in [5.74, 6) is 2.76. The van der Waals surface area contributed by atoms with E-state index in [0.29, 0.717) is 30.7 Å². The first-order chi connectivity index (χ1) is 9.69. The van der Waals surface area contributed by atoms with Crippen LogP contribution in [0.15, 0.2) is 18.5 Å². The first kappa shape index (κ1) is 14.3. The maximum absolute atomic E-state index is 5.76. The number of imidazole rings is 1. The van der Waals surface area contributed by atoms with Crippen LogP contribution in [0.5, 0.6) is 0 Å². The fourth-order valence-corrected chi connectivity index (χ4v) is 1.81. The van der Waals surface area contributed by atoms with Crippen molar-refractivity contribution in [1.82, 2.24) is 19.5 Å². The minimum absolute atomic E-state index is 0.371. The van der Waals surface area contributed by atoms with Gasteiger partial charge in [-0.2, -0.15) is 0 Å². The summed E-state index contributed by atoms with van der Waals surface area (Å²) >= 11 is 0. The third kappa shape index (κ3) is 3.92. The third-order valence-electron chi connectivity index (χ3n) is 2.80. The quantitative estimate of drug-likeness (QED) is 0.783. The molecule has 7 heteroatoms. The van der Waals surface area contributed by atoms with Gasteiger partial charge in [0.25, 0.3) is 0 Å². The smallest absolute Gasteiger partial charge is 0.158 e. The standard InChI is InChI=1S/C13H20N6O/c1-3-20-9-12-17-10(14)8-11(18-12)15-5-4-13-16-6-7-19(13)2/h6-8H,3-5,9H2,1-2H3,(H3,14,15,17,18). The number of nitrogens with zero attached hydrogens (tertiary/aromatic N) is 4. The van der Waals surface area contributed by atoms with Crippen LogP contribution >= 0.6 is 0 Å². The predicted molar refractivity (Wildman–Crippen MR) is 77.2 cm³/mol. The van der Waals surface area contributed by atoms with Crippen LogP contribution in [0, 0.1) is 0 Å². The maximum atomic E-state index is 5.76. The minimum Gasteiger partial charge on any atom is -0.384 e. The van der Waals surface area contributed by atoms with Gasteiger partial charge in [-0.3, -0.25) is 0 Å². The summed E-state index contributed by atoms with van der Waals surface area (Å²) in [5.41, 5.74) is 5.76. The molecule has 2 heterocycles. The summed E-state index contributed by atoms with van der Waals surface area (Å²) in [5, 5.41) is 3.23. The second-order valence-electron chi connectivity index (χ2n) is 4.36. The van der Waals surface area contributed by atoms with E-state index in [1.807, 2.05) is 24.7 Å². The topological polar surface area (TPSA) is 90.9 Å². The van der Waals surface area contributed by atoms with Crippen molar-refractivity contribution in [2.24, 2.45) is 7.05 Å². The Kier molecular flexibility index (Phi) is 4.89. The largest absolute Gasteiger partial charge is 0.384 e. The Labute approximate surface area is 118 Å². The molecule has 0 unspecified atom stereocenters. The molecular formula is C13H20N6O. The van der Waals surface area contributed by atoms with Crippen molar-refractivity contribution in [3.8, 4) is 0 Å². The second kappa shape index (κ2) is 6.85. The Balaban J connectivity index is 1.91. The van der Waals surface area contributed by atoms with E-state index in [1.165, 1.54) is 0 Å². The normalized spacial score (nSPS) is 10.7. The number of anilines is 2. The highest BCUT2D eigenvalue weighted by molar-refractivity contribution is 5.44. The fourth-order valence-electron chi connectivity index (χ4n) is 1.81. The van der Waals surface area contributed by atoms with E-state index in [-0.39, 0.29) is 0 Å². The van der Waals surface area contributed by atoms with Gasteiger partial charge in [0.15, 0.2) is 5.82 Å². The Morgan fingerprint density at radius 2 is 2.25 bits per heavy atom. The van der Waals surface area contributed by atoms with Gasteiger partial charge < -0.3 is 20.4 Å². The van der Waals surface area contributed by atoms with Gasteiger partial charge in [0.2, 0.25) is 0 Å². The van der Waals surface area contributed by atoms with E-state index in [9.17, 15) is 0 Å². The number of nitrogen functional groups attached to an aromatic ring is 1. The Morgan fingerprint density at radius 1 is 1.40 bits per heavy atom. The van der Waals surface area contributed by atoms with E-state index >= 15 is 0 Å². The van der Waals surface area contributed by atoms with Crippen LogP contribution in [0.4, 0.5) is 11.6 Å². The first-order valence-electron chi connectivity index (χ1n) is 6.60. The van der Waals surface area contributed by atoms with Crippen LogP contribution in [-0.2, 0) is 24.8 Å². The van der Waals surface area contributed by atoms with E-state index < -0.39 is 0 Å². The Bertz CT molecular complexity index is 554. The highest BCUT2D eigenvalue weighted by atomic mass is 16.5.